The van der Waals surface area contributed by atoms with Gasteiger partial charge in [0, 0.05) is 11.8 Å². The predicted octanol–water partition coefficient (Wildman–Crippen LogP) is 2.23. The third kappa shape index (κ3) is 4.17. The Morgan fingerprint density at radius 2 is 2.15 bits per heavy atom. The van der Waals surface area contributed by atoms with E-state index in [0.717, 1.165) is 18.5 Å². The van der Waals surface area contributed by atoms with Crippen LogP contribution in [0.2, 0.25) is 0 Å². The van der Waals surface area contributed by atoms with E-state index in [9.17, 15) is 13.2 Å². The van der Waals surface area contributed by atoms with Gasteiger partial charge in [0.1, 0.15) is 0 Å². The third-order valence-corrected chi connectivity index (χ3v) is 6.11. The summed E-state index contributed by atoms with van der Waals surface area (Å²) in [7, 11) is -3.33. The molecule has 1 aromatic rings. The topological polar surface area (TPSA) is 96.4 Å². The Kier molecular flexibility index (Phi) is 4.98. The normalized spacial score (nSPS) is 16.4. The van der Waals surface area contributed by atoms with Gasteiger partial charge >= 0.3 is 5.97 Å². The van der Waals surface area contributed by atoms with Crippen LogP contribution in [-0.2, 0) is 21.2 Å². The number of thiazole rings is 1. The lowest BCUT2D eigenvalue weighted by Crippen LogP contribution is -2.25. The van der Waals surface area contributed by atoms with E-state index in [1.165, 1.54) is 11.3 Å². The first-order valence-corrected chi connectivity index (χ1v) is 9.08. The van der Waals surface area contributed by atoms with E-state index in [4.69, 9.17) is 5.11 Å². The summed E-state index contributed by atoms with van der Waals surface area (Å²) in [6.45, 7) is 0. The molecule has 1 saturated carbocycles. The lowest BCUT2D eigenvalue weighted by Gasteiger charge is -2.10. The van der Waals surface area contributed by atoms with Crippen LogP contribution < -0.4 is 4.72 Å². The van der Waals surface area contributed by atoms with Crippen LogP contribution in [0.1, 0.15) is 44.2 Å². The molecule has 0 unspecified atom stereocenters. The number of hydrogen-bond donors (Lipinski definition) is 2. The number of aliphatic carboxylic acids is 1. The second-order valence-corrected chi connectivity index (χ2v) is 7.76. The first kappa shape index (κ1) is 15.2. The van der Waals surface area contributed by atoms with Gasteiger partial charge in [-0.3, -0.25) is 9.52 Å². The molecule has 0 aliphatic heterocycles. The SMILES string of the molecule is O=C(O)CCCc1csc(NS(=O)(=O)C2CCCC2)n1. The number of sulfonamides is 1. The molecule has 0 radical (unpaired) electrons. The van der Waals surface area contributed by atoms with Crippen LogP contribution in [-0.4, -0.2) is 29.7 Å². The summed E-state index contributed by atoms with van der Waals surface area (Å²) in [6, 6.07) is 0. The minimum atomic E-state index is -3.33. The van der Waals surface area contributed by atoms with Gasteiger partial charge in [-0.2, -0.15) is 0 Å². The molecule has 0 bridgehead atoms. The number of rotatable bonds is 7. The van der Waals surface area contributed by atoms with E-state index in [2.05, 4.69) is 9.71 Å². The molecular weight excluding hydrogens is 300 g/mol. The molecule has 6 nitrogen and oxygen atoms in total. The van der Waals surface area contributed by atoms with Crippen LogP contribution in [0.3, 0.4) is 0 Å². The molecule has 8 heteroatoms. The molecule has 0 spiro atoms. The van der Waals surface area contributed by atoms with Gasteiger partial charge in [-0.15, -0.1) is 11.3 Å². The van der Waals surface area contributed by atoms with Crippen molar-refractivity contribution in [2.75, 3.05) is 4.72 Å². The highest BCUT2D eigenvalue weighted by Crippen LogP contribution is 2.27. The molecule has 1 aliphatic rings. The van der Waals surface area contributed by atoms with E-state index in [1.807, 2.05) is 0 Å². The van der Waals surface area contributed by atoms with Crippen molar-refractivity contribution in [1.82, 2.24) is 4.98 Å². The molecular formula is C12H18N2O4S2. The summed E-state index contributed by atoms with van der Waals surface area (Å²) >= 11 is 1.25. The highest BCUT2D eigenvalue weighted by atomic mass is 32.2. The van der Waals surface area contributed by atoms with Crippen LogP contribution in [0.25, 0.3) is 0 Å². The van der Waals surface area contributed by atoms with Crippen molar-refractivity contribution in [3.05, 3.63) is 11.1 Å². The van der Waals surface area contributed by atoms with Gasteiger partial charge in [-0.1, -0.05) is 12.8 Å². The number of carboxylic acid groups (broad SMARTS) is 1. The van der Waals surface area contributed by atoms with Crippen molar-refractivity contribution in [2.24, 2.45) is 0 Å². The Morgan fingerprint density at radius 3 is 2.80 bits per heavy atom. The molecule has 2 rings (SSSR count). The Hall–Kier alpha value is -1.15. The number of hydrogen-bond acceptors (Lipinski definition) is 5. The number of anilines is 1. The van der Waals surface area contributed by atoms with E-state index >= 15 is 0 Å². The maximum Gasteiger partial charge on any atom is 0.303 e. The number of carboxylic acids is 1. The number of aromatic nitrogens is 1. The zero-order chi connectivity index (χ0) is 14.6. The van der Waals surface area contributed by atoms with E-state index in [0.29, 0.717) is 30.8 Å². The predicted molar refractivity (Wildman–Crippen MR) is 77.5 cm³/mol. The van der Waals surface area contributed by atoms with E-state index in [-0.39, 0.29) is 11.7 Å². The van der Waals surface area contributed by atoms with Crippen molar-refractivity contribution in [1.29, 1.82) is 0 Å². The first-order chi connectivity index (χ1) is 9.47. The van der Waals surface area contributed by atoms with Gasteiger partial charge in [0.25, 0.3) is 0 Å². The zero-order valence-corrected chi connectivity index (χ0v) is 12.7. The molecule has 20 heavy (non-hydrogen) atoms. The van der Waals surface area contributed by atoms with Gasteiger partial charge in [0.05, 0.1) is 10.9 Å². The molecule has 2 N–H and O–H groups in total. The second kappa shape index (κ2) is 6.53. The van der Waals surface area contributed by atoms with Crippen molar-refractivity contribution >= 4 is 32.5 Å². The van der Waals surface area contributed by atoms with Gasteiger partial charge in [-0.25, -0.2) is 13.4 Å². The van der Waals surface area contributed by atoms with Gasteiger partial charge in [-0.05, 0) is 25.7 Å². The Labute approximate surface area is 122 Å². The standard InChI is InChI=1S/C12H18N2O4S2/c15-11(16)7-3-4-9-8-19-12(13-9)14-20(17,18)10-5-1-2-6-10/h8,10H,1-7H2,(H,13,14)(H,15,16). The fraction of sp³-hybridized carbons (Fsp3) is 0.667. The van der Waals surface area contributed by atoms with Crippen molar-refractivity contribution in [3.8, 4) is 0 Å². The van der Waals surface area contributed by atoms with Gasteiger partial charge in [0.2, 0.25) is 10.0 Å². The molecule has 0 atom stereocenters. The van der Waals surface area contributed by atoms with Crippen LogP contribution in [0, 0.1) is 0 Å². The molecule has 0 aromatic carbocycles. The summed E-state index contributed by atoms with van der Waals surface area (Å²) in [5.41, 5.74) is 0.736. The first-order valence-electron chi connectivity index (χ1n) is 6.65. The van der Waals surface area contributed by atoms with E-state index < -0.39 is 16.0 Å². The zero-order valence-electron chi connectivity index (χ0n) is 11.0. The number of carbonyl (C=O) groups is 1. The molecule has 1 fully saturated rings. The third-order valence-electron chi connectivity index (χ3n) is 3.35. The second-order valence-electron chi connectivity index (χ2n) is 4.94. The highest BCUT2D eigenvalue weighted by Gasteiger charge is 2.29. The molecule has 0 amide bonds. The fourth-order valence-electron chi connectivity index (χ4n) is 2.29. The Morgan fingerprint density at radius 1 is 1.45 bits per heavy atom. The summed E-state index contributed by atoms with van der Waals surface area (Å²) in [4.78, 5) is 14.6. The summed E-state index contributed by atoms with van der Waals surface area (Å²) in [6.07, 6.45) is 4.51. The molecule has 112 valence electrons. The fourth-order valence-corrected chi connectivity index (χ4v) is 4.83. The van der Waals surface area contributed by atoms with Crippen LogP contribution in [0.5, 0.6) is 0 Å². The quantitative estimate of drug-likeness (QED) is 0.803. The van der Waals surface area contributed by atoms with Crippen LogP contribution >= 0.6 is 11.3 Å². The number of aryl methyl sites for hydroxylation is 1. The smallest absolute Gasteiger partial charge is 0.303 e. The Balaban J connectivity index is 1.90. The summed E-state index contributed by atoms with van der Waals surface area (Å²) < 4.78 is 26.7. The lowest BCUT2D eigenvalue weighted by molar-refractivity contribution is -0.137. The molecule has 1 aliphatic carbocycles. The van der Waals surface area contributed by atoms with Crippen LogP contribution in [0.4, 0.5) is 5.13 Å². The maximum atomic E-state index is 12.1. The van der Waals surface area contributed by atoms with Crippen LogP contribution in [0.15, 0.2) is 5.38 Å². The van der Waals surface area contributed by atoms with Gasteiger partial charge < -0.3 is 5.11 Å². The lowest BCUT2D eigenvalue weighted by atomic mass is 10.2. The summed E-state index contributed by atoms with van der Waals surface area (Å²) in [5, 5.41) is 10.4. The number of nitrogens with zero attached hydrogens (tertiary/aromatic N) is 1. The van der Waals surface area contributed by atoms with E-state index in [1.54, 1.807) is 5.38 Å². The average Bonchev–Trinajstić information content (AvgIpc) is 2.99. The van der Waals surface area contributed by atoms with Crippen molar-refractivity contribution < 1.29 is 18.3 Å². The summed E-state index contributed by atoms with van der Waals surface area (Å²) in [5.74, 6) is -0.831. The number of nitrogens with one attached hydrogen (secondary N) is 1. The molecule has 1 aromatic heterocycles. The molecule has 1 heterocycles. The molecule has 0 saturated heterocycles. The largest absolute Gasteiger partial charge is 0.481 e. The minimum Gasteiger partial charge on any atom is -0.481 e. The minimum absolute atomic E-state index is 0.0979. The highest BCUT2D eigenvalue weighted by molar-refractivity contribution is 7.93. The van der Waals surface area contributed by atoms with Gasteiger partial charge in [0.15, 0.2) is 5.13 Å². The van der Waals surface area contributed by atoms with Crippen molar-refractivity contribution in [3.63, 3.8) is 0 Å². The monoisotopic (exact) mass is 318 g/mol. The average molecular weight is 318 g/mol. The van der Waals surface area contributed by atoms with Crippen molar-refractivity contribution in [2.45, 2.75) is 50.2 Å². The Bertz CT molecular complexity index is 562. The maximum absolute atomic E-state index is 12.1.